The molecule has 1 aromatic heterocycles. The maximum absolute atomic E-state index is 12.7. The number of hydrogen-bond acceptors (Lipinski definition) is 5. The summed E-state index contributed by atoms with van der Waals surface area (Å²) >= 11 is 0. The molecule has 1 aromatic carbocycles. The number of aromatic amines is 1. The number of amides is 1. The average Bonchev–Trinajstić information content (AvgIpc) is 3.32. The molecule has 7 nitrogen and oxygen atoms in total. The molecule has 0 spiro atoms. The van der Waals surface area contributed by atoms with Gasteiger partial charge in [0.2, 0.25) is 0 Å². The third-order valence-corrected chi connectivity index (χ3v) is 5.18. The Morgan fingerprint density at radius 2 is 2.12 bits per heavy atom. The van der Waals surface area contributed by atoms with Crippen LogP contribution in [0.4, 0.5) is 0 Å². The lowest BCUT2D eigenvalue weighted by Gasteiger charge is -2.37. The van der Waals surface area contributed by atoms with Gasteiger partial charge in [0.05, 0.1) is 25.3 Å². The van der Waals surface area contributed by atoms with E-state index in [1.807, 2.05) is 24.3 Å². The van der Waals surface area contributed by atoms with Crippen molar-refractivity contribution < 1.29 is 14.3 Å². The maximum Gasteiger partial charge on any atom is 0.272 e. The van der Waals surface area contributed by atoms with Gasteiger partial charge in [-0.1, -0.05) is 18.2 Å². The van der Waals surface area contributed by atoms with Gasteiger partial charge in [0.1, 0.15) is 0 Å². The number of hydrogen-bond donors (Lipinski definition) is 2. The molecular weight excluding hydrogens is 320 g/mol. The summed E-state index contributed by atoms with van der Waals surface area (Å²) in [6.45, 7) is 5.50. The van der Waals surface area contributed by atoms with E-state index in [9.17, 15) is 4.79 Å². The molecule has 0 unspecified atom stereocenters. The third-order valence-electron chi connectivity index (χ3n) is 5.18. The molecule has 2 fully saturated rings. The molecule has 0 radical (unpaired) electrons. The van der Waals surface area contributed by atoms with Crippen LogP contribution >= 0.6 is 0 Å². The summed E-state index contributed by atoms with van der Waals surface area (Å²) in [5.41, 5.74) is 1.33. The summed E-state index contributed by atoms with van der Waals surface area (Å²) in [5, 5.41) is 11.1. The molecule has 2 saturated heterocycles. The van der Waals surface area contributed by atoms with E-state index >= 15 is 0 Å². The van der Waals surface area contributed by atoms with E-state index in [0.717, 1.165) is 56.8 Å². The van der Waals surface area contributed by atoms with E-state index < -0.39 is 0 Å². The first-order chi connectivity index (χ1) is 12.3. The van der Waals surface area contributed by atoms with Crippen molar-refractivity contribution in [2.75, 3.05) is 46.1 Å². The molecule has 0 aliphatic carbocycles. The first-order valence-corrected chi connectivity index (χ1v) is 8.94. The highest BCUT2D eigenvalue weighted by molar-refractivity contribution is 6.04. The van der Waals surface area contributed by atoms with Gasteiger partial charge in [-0.2, -0.15) is 5.10 Å². The van der Waals surface area contributed by atoms with Crippen LogP contribution in [0.3, 0.4) is 0 Å². The lowest BCUT2D eigenvalue weighted by Crippen LogP contribution is -2.52. The summed E-state index contributed by atoms with van der Waals surface area (Å²) in [6, 6.07) is 7.96. The fourth-order valence-electron chi connectivity index (χ4n) is 3.78. The zero-order valence-electron chi connectivity index (χ0n) is 14.2. The van der Waals surface area contributed by atoms with Crippen LogP contribution in [-0.4, -0.2) is 73.1 Å². The van der Waals surface area contributed by atoms with E-state index in [2.05, 4.69) is 20.4 Å². The fourth-order valence-corrected chi connectivity index (χ4v) is 3.78. The molecule has 2 N–H and O–H groups in total. The van der Waals surface area contributed by atoms with Gasteiger partial charge in [-0.05, 0) is 12.5 Å². The van der Waals surface area contributed by atoms with Crippen LogP contribution in [0.1, 0.15) is 16.9 Å². The number of carbonyl (C=O) groups is 1. The monoisotopic (exact) mass is 344 g/mol. The Morgan fingerprint density at radius 1 is 1.28 bits per heavy atom. The maximum atomic E-state index is 12.7. The Bertz CT molecular complexity index is 720. The van der Waals surface area contributed by atoms with Gasteiger partial charge < -0.3 is 14.8 Å². The normalized spacial score (nSPS) is 23.0. The number of carbonyl (C=O) groups excluding carboxylic acids is 1. The second-order valence-corrected chi connectivity index (χ2v) is 6.67. The highest BCUT2D eigenvalue weighted by Crippen LogP contribution is 2.22. The average molecular weight is 344 g/mol. The van der Waals surface area contributed by atoms with Crippen molar-refractivity contribution in [2.24, 2.45) is 5.92 Å². The smallest absolute Gasteiger partial charge is 0.272 e. The molecule has 134 valence electrons. The van der Waals surface area contributed by atoms with Gasteiger partial charge in [0.25, 0.3) is 5.91 Å². The van der Waals surface area contributed by atoms with Crippen molar-refractivity contribution in [2.45, 2.75) is 12.5 Å². The van der Waals surface area contributed by atoms with Gasteiger partial charge in [-0.25, -0.2) is 0 Å². The number of nitrogens with zero attached hydrogens (tertiary/aromatic N) is 2. The predicted molar refractivity (Wildman–Crippen MR) is 93.5 cm³/mol. The lowest BCUT2D eigenvalue weighted by atomic mass is 9.96. The molecule has 3 heterocycles. The highest BCUT2D eigenvalue weighted by Gasteiger charge is 2.32. The number of para-hydroxylation sites is 1. The quantitative estimate of drug-likeness (QED) is 0.847. The number of morpholine rings is 1. The van der Waals surface area contributed by atoms with Crippen molar-refractivity contribution >= 4 is 16.8 Å². The van der Waals surface area contributed by atoms with Crippen LogP contribution in [0.5, 0.6) is 0 Å². The summed E-state index contributed by atoms with van der Waals surface area (Å²) in [7, 11) is 0. The van der Waals surface area contributed by atoms with Crippen molar-refractivity contribution in [3.05, 3.63) is 30.0 Å². The van der Waals surface area contributed by atoms with E-state index in [1.54, 1.807) is 0 Å². The predicted octanol–water partition coefficient (Wildman–Crippen LogP) is 1.03. The molecule has 0 saturated carbocycles. The first-order valence-electron chi connectivity index (χ1n) is 8.94. The SMILES string of the molecule is O=C(NC[C@H]([C@@H]1CCOC1)N1CCOCC1)c1n[nH]c2ccccc12. The molecule has 25 heavy (non-hydrogen) atoms. The second kappa shape index (κ2) is 7.51. The van der Waals surface area contributed by atoms with Crippen LogP contribution in [-0.2, 0) is 9.47 Å². The Kier molecular flexibility index (Phi) is 4.96. The minimum atomic E-state index is -0.130. The van der Waals surface area contributed by atoms with Gasteiger partial charge in [-0.15, -0.1) is 0 Å². The largest absolute Gasteiger partial charge is 0.381 e. The third kappa shape index (κ3) is 3.53. The number of nitrogens with one attached hydrogen (secondary N) is 2. The van der Waals surface area contributed by atoms with Crippen LogP contribution in [0.15, 0.2) is 24.3 Å². The molecule has 1 amide bonds. The summed E-state index contributed by atoms with van der Waals surface area (Å²) in [6.07, 6.45) is 1.04. The Labute approximate surface area is 146 Å². The number of fused-ring (bicyclic) bond motifs is 1. The highest BCUT2D eigenvalue weighted by atomic mass is 16.5. The van der Waals surface area contributed by atoms with Crippen LogP contribution in [0.2, 0.25) is 0 Å². The standard InChI is InChI=1S/C18H24N4O3/c23-18(17-14-3-1-2-4-15(14)20-21-17)19-11-16(13-5-8-25-12-13)22-6-9-24-10-7-22/h1-4,13,16H,5-12H2,(H,19,23)(H,20,21)/t13-,16-/m1/s1. The van der Waals surface area contributed by atoms with E-state index in [4.69, 9.17) is 9.47 Å². The van der Waals surface area contributed by atoms with Crippen LogP contribution in [0, 0.1) is 5.92 Å². The molecule has 0 bridgehead atoms. The Hall–Kier alpha value is -1.96. The number of ether oxygens (including phenoxy) is 2. The van der Waals surface area contributed by atoms with E-state index in [1.165, 1.54) is 0 Å². The number of benzene rings is 1. The molecule has 2 atom stereocenters. The van der Waals surface area contributed by atoms with E-state index in [0.29, 0.717) is 18.2 Å². The Morgan fingerprint density at radius 3 is 2.92 bits per heavy atom. The minimum absolute atomic E-state index is 0.130. The van der Waals surface area contributed by atoms with Gasteiger partial charge in [0.15, 0.2) is 5.69 Å². The topological polar surface area (TPSA) is 79.5 Å². The molecule has 7 heteroatoms. The zero-order chi connectivity index (χ0) is 17.1. The van der Waals surface area contributed by atoms with Crippen LogP contribution < -0.4 is 5.32 Å². The van der Waals surface area contributed by atoms with Crippen molar-refractivity contribution in [3.63, 3.8) is 0 Å². The summed E-state index contributed by atoms with van der Waals surface area (Å²) < 4.78 is 11.0. The number of H-pyrrole nitrogens is 1. The van der Waals surface area contributed by atoms with Gasteiger partial charge in [0, 0.05) is 43.6 Å². The summed E-state index contributed by atoms with van der Waals surface area (Å²) in [4.78, 5) is 15.1. The molecule has 2 aliphatic rings. The lowest BCUT2D eigenvalue weighted by molar-refractivity contribution is 0.00165. The molecule has 2 aromatic rings. The molecule has 4 rings (SSSR count). The van der Waals surface area contributed by atoms with Crippen LogP contribution in [0.25, 0.3) is 10.9 Å². The van der Waals surface area contributed by atoms with Crippen molar-refractivity contribution in [1.29, 1.82) is 0 Å². The summed E-state index contributed by atoms with van der Waals surface area (Å²) in [5.74, 6) is 0.323. The molecular formula is C18H24N4O3. The minimum Gasteiger partial charge on any atom is -0.381 e. The first kappa shape index (κ1) is 16.5. The zero-order valence-corrected chi connectivity index (χ0v) is 14.2. The second-order valence-electron chi connectivity index (χ2n) is 6.67. The number of rotatable bonds is 5. The van der Waals surface area contributed by atoms with Crippen molar-refractivity contribution in [1.82, 2.24) is 20.4 Å². The van der Waals surface area contributed by atoms with Crippen molar-refractivity contribution in [3.8, 4) is 0 Å². The Balaban J connectivity index is 1.45. The number of aromatic nitrogens is 2. The molecule has 2 aliphatic heterocycles. The fraction of sp³-hybridized carbons (Fsp3) is 0.556. The van der Waals surface area contributed by atoms with E-state index in [-0.39, 0.29) is 11.9 Å². The van der Waals surface area contributed by atoms with Gasteiger partial charge >= 0.3 is 0 Å². The van der Waals surface area contributed by atoms with Gasteiger partial charge in [-0.3, -0.25) is 14.8 Å².